The molecule has 8 nitrogen and oxygen atoms in total. The summed E-state index contributed by atoms with van der Waals surface area (Å²) in [7, 11) is 0. The van der Waals surface area contributed by atoms with Gasteiger partial charge in [-0.05, 0) is 25.0 Å². The molecule has 1 fully saturated rings. The molecule has 0 radical (unpaired) electrons. The van der Waals surface area contributed by atoms with Gasteiger partial charge in [0.05, 0.1) is 17.3 Å². The molecule has 27 heavy (non-hydrogen) atoms. The van der Waals surface area contributed by atoms with Gasteiger partial charge in [-0.25, -0.2) is 15.0 Å². The van der Waals surface area contributed by atoms with Crippen molar-refractivity contribution in [2.45, 2.75) is 32.4 Å². The Balaban J connectivity index is 1.63. The third-order valence-electron chi connectivity index (χ3n) is 5.55. The number of piperazine rings is 1. The summed E-state index contributed by atoms with van der Waals surface area (Å²) >= 11 is 0. The van der Waals surface area contributed by atoms with Gasteiger partial charge in [0.2, 0.25) is 0 Å². The first-order valence-corrected chi connectivity index (χ1v) is 9.30. The number of hydrogen-bond acceptors (Lipinski definition) is 7. The Hall–Kier alpha value is -2.58. The van der Waals surface area contributed by atoms with Gasteiger partial charge in [-0.15, -0.1) is 0 Å². The number of hydrogen-bond donors (Lipinski definition) is 3. The summed E-state index contributed by atoms with van der Waals surface area (Å²) in [6.45, 7) is 8.33. The third-order valence-corrected chi connectivity index (χ3v) is 5.55. The maximum absolute atomic E-state index is 10.9. The third kappa shape index (κ3) is 3.26. The van der Waals surface area contributed by atoms with E-state index in [2.05, 4.69) is 30.4 Å². The Morgan fingerprint density at radius 1 is 1.26 bits per heavy atom. The van der Waals surface area contributed by atoms with Crippen LogP contribution in [0.1, 0.15) is 20.8 Å². The topological polar surface area (TPSA) is 103 Å². The van der Waals surface area contributed by atoms with Crippen molar-refractivity contribution in [3.8, 4) is 11.4 Å². The van der Waals surface area contributed by atoms with Crippen LogP contribution in [-0.4, -0.2) is 61.5 Å². The Morgan fingerprint density at radius 2 is 2.07 bits per heavy atom. The molecule has 3 N–H and O–H groups in total. The van der Waals surface area contributed by atoms with Crippen molar-refractivity contribution in [1.82, 2.24) is 30.5 Å². The number of anilines is 1. The summed E-state index contributed by atoms with van der Waals surface area (Å²) < 4.78 is 0. The van der Waals surface area contributed by atoms with Crippen molar-refractivity contribution >= 4 is 17.0 Å². The van der Waals surface area contributed by atoms with Crippen molar-refractivity contribution in [2.24, 2.45) is 5.92 Å². The van der Waals surface area contributed by atoms with E-state index >= 15 is 0 Å². The average molecular weight is 367 g/mol. The van der Waals surface area contributed by atoms with Gasteiger partial charge in [0.15, 0.2) is 5.65 Å². The monoisotopic (exact) mass is 367 g/mol. The zero-order valence-electron chi connectivity index (χ0n) is 15.8. The fraction of sp³-hybridized carbons (Fsp3) is 0.474. The van der Waals surface area contributed by atoms with Crippen molar-refractivity contribution in [3.63, 3.8) is 0 Å². The van der Waals surface area contributed by atoms with Crippen LogP contribution in [0, 0.1) is 5.92 Å². The highest BCUT2D eigenvalue weighted by Gasteiger charge is 2.37. The number of nitrogens with zero attached hydrogens (tertiary/aromatic N) is 5. The van der Waals surface area contributed by atoms with Crippen LogP contribution in [-0.2, 0) is 0 Å². The molecule has 3 aromatic heterocycles. The molecule has 4 heterocycles. The zero-order chi connectivity index (χ0) is 19.0. The molecule has 2 atom stereocenters. The molecule has 0 amide bonds. The van der Waals surface area contributed by atoms with Gasteiger partial charge >= 0.3 is 0 Å². The van der Waals surface area contributed by atoms with Crippen LogP contribution in [0.4, 0.5) is 5.82 Å². The number of aromatic nitrogens is 5. The predicted octanol–water partition coefficient (Wildman–Crippen LogP) is 1.60. The Morgan fingerprint density at radius 3 is 2.89 bits per heavy atom. The van der Waals surface area contributed by atoms with Crippen LogP contribution < -0.4 is 10.2 Å². The SMILES string of the molecule is CC(C)[C@@](C)(O)C1CN(c2cccc(-c3[nH]nc4nccnc34)n2)CCN1. The number of H-pyrrole nitrogens is 1. The second-order valence-corrected chi connectivity index (χ2v) is 7.54. The standard InChI is InChI=1S/C19H25N7O/c1-12(2)19(3,27)14-11-26(10-9-20-14)15-6-4-5-13(23-15)16-17-18(25-24-16)22-8-7-21-17/h4-8,12,14,20,27H,9-11H2,1-3H3,(H,22,24,25)/t14?,19-/m1/s1. The summed E-state index contributed by atoms with van der Waals surface area (Å²) in [4.78, 5) is 15.6. The van der Waals surface area contributed by atoms with E-state index in [4.69, 9.17) is 4.98 Å². The number of fused-ring (bicyclic) bond motifs is 1. The van der Waals surface area contributed by atoms with E-state index < -0.39 is 5.60 Å². The van der Waals surface area contributed by atoms with Crippen LogP contribution in [0.2, 0.25) is 0 Å². The van der Waals surface area contributed by atoms with E-state index in [0.29, 0.717) is 17.7 Å². The van der Waals surface area contributed by atoms with Crippen LogP contribution in [0.3, 0.4) is 0 Å². The molecule has 3 aromatic rings. The van der Waals surface area contributed by atoms with Gasteiger partial charge in [-0.3, -0.25) is 5.10 Å². The fourth-order valence-corrected chi connectivity index (χ4v) is 3.42. The van der Waals surface area contributed by atoms with E-state index in [1.54, 1.807) is 12.4 Å². The normalized spacial score (nSPS) is 20.2. The highest BCUT2D eigenvalue weighted by Crippen LogP contribution is 2.27. The molecule has 1 aliphatic rings. The van der Waals surface area contributed by atoms with E-state index in [9.17, 15) is 5.11 Å². The van der Waals surface area contributed by atoms with Crippen molar-refractivity contribution in [3.05, 3.63) is 30.6 Å². The van der Waals surface area contributed by atoms with E-state index in [1.165, 1.54) is 0 Å². The van der Waals surface area contributed by atoms with Crippen LogP contribution in [0.25, 0.3) is 22.6 Å². The van der Waals surface area contributed by atoms with Crippen LogP contribution >= 0.6 is 0 Å². The molecule has 0 aromatic carbocycles. The molecular formula is C19H25N7O. The van der Waals surface area contributed by atoms with Crippen LogP contribution in [0.5, 0.6) is 0 Å². The number of rotatable bonds is 4. The molecule has 1 saturated heterocycles. The quantitative estimate of drug-likeness (QED) is 0.643. The molecule has 0 aliphatic carbocycles. The molecule has 1 aliphatic heterocycles. The Labute approximate surface area is 158 Å². The van der Waals surface area contributed by atoms with E-state index in [0.717, 1.165) is 30.3 Å². The van der Waals surface area contributed by atoms with E-state index in [1.807, 2.05) is 39.0 Å². The second-order valence-electron chi connectivity index (χ2n) is 7.54. The molecule has 142 valence electrons. The van der Waals surface area contributed by atoms with Crippen molar-refractivity contribution < 1.29 is 5.11 Å². The second kappa shape index (κ2) is 6.86. The van der Waals surface area contributed by atoms with Gasteiger partial charge in [0.25, 0.3) is 0 Å². The zero-order valence-corrected chi connectivity index (χ0v) is 15.8. The maximum Gasteiger partial charge on any atom is 0.200 e. The highest BCUT2D eigenvalue weighted by atomic mass is 16.3. The smallest absolute Gasteiger partial charge is 0.200 e. The molecule has 4 rings (SSSR count). The first-order valence-electron chi connectivity index (χ1n) is 9.30. The summed E-state index contributed by atoms with van der Waals surface area (Å²) in [6.07, 6.45) is 3.28. The fourth-order valence-electron chi connectivity index (χ4n) is 3.42. The molecule has 0 saturated carbocycles. The van der Waals surface area contributed by atoms with Crippen molar-refractivity contribution in [2.75, 3.05) is 24.5 Å². The lowest BCUT2D eigenvalue weighted by Crippen LogP contribution is -2.62. The predicted molar refractivity (Wildman–Crippen MR) is 104 cm³/mol. The summed E-state index contributed by atoms with van der Waals surface area (Å²) in [5.74, 6) is 1.04. The van der Waals surface area contributed by atoms with Crippen LogP contribution in [0.15, 0.2) is 30.6 Å². The van der Waals surface area contributed by atoms with E-state index in [-0.39, 0.29) is 12.0 Å². The van der Waals surface area contributed by atoms with Gasteiger partial charge in [0.1, 0.15) is 17.0 Å². The lowest BCUT2D eigenvalue weighted by Gasteiger charge is -2.43. The first kappa shape index (κ1) is 17.8. The minimum atomic E-state index is -0.786. The molecular weight excluding hydrogens is 342 g/mol. The number of pyridine rings is 1. The number of aromatic amines is 1. The lowest BCUT2D eigenvalue weighted by molar-refractivity contribution is -0.0231. The van der Waals surface area contributed by atoms with Gasteiger partial charge in [-0.1, -0.05) is 19.9 Å². The maximum atomic E-state index is 10.9. The lowest BCUT2D eigenvalue weighted by atomic mass is 9.84. The summed E-state index contributed by atoms with van der Waals surface area (Å²) in [5, 5.41) is 21.5. The van der Waals surface area contributed by atoms with Gasteiger partial charge in [-0.2, -0.15) is 5.10 Å². The largest absolute Gasteiger partial charge is 0.388 e. The molecule has 0 spiro atoms. The number of nitrogens with one attached hydrogen (secondary N) is 2. The van der Waals surface area contributed by atoms with Gasteiger partial charge in [0, 0.05) is 32.0 Å². The Bertz CT molecular complexity index is 936. The molecule has 0 bridgehead atoms. The van der Waals surface area contributed by atoms with Crippen molar-refractivity contribution in [1.29, 1.82) is 0 Å². The molecule has 1 unspecified atom stereocenters. The Kier molecular flexibility index (Phi) is 4.53. The first-order chi connectivity index (χ1) is 13.0. The highest BCUT2D eigenvalue weighted by molar-refractivity contribution is 5.85. The number of aliphatic hydroxyl groups is 1. The minimum Gasteiger partial charge on any atom is -0.388 e. The minimum absolute atomic E-state index is 0.0180. The summed E-state index contributed by atoms with van der Waals surface area (Å²) in [6, 6.07) is 5.91. The van der Waals surface area contributed by atoms with Gasteiger partial charge < -0.3 is 15.3 Å². The average Bonchev–Trinajstić information content (AvgIpc) is 3.12. The molecule has 8 heteroatoms. The summed E-state index contributed by atoms with van der Waals surface area (Å²) in [5.41, 5.74) is 2.05.